The van der Waals surface area contributed by atoms with Crippen LogP contribution in [-0.2, 0) is 11.2 Å². The van der Waals surface area contributed by atoms with Crippen LogP contribution in [-0.4, -0.2) is 43.5 Å². The molecule has 138 valence electrons. The SMILES string of the molecule is CCCNC(=O)CNC(=NC)NCCc1c[nH]c2ccc(F)cc12.I. The number of guanidine groups is 1. The Morgan fingerprint density at radius 3 is 2.76 bits per heavy atom. The summed E-state index contributed by atoms with van der Waals surface area (Å²) in [5, 5.41) is 9.79. The normalized spacial score (nSPS) is 11.1. The Kier molecular flexibility index (Phi) is 9.25. The van der Waals surface area contributed by atoms with Crippen LogP contribution in [0.3, 0.4) is 0 Å². The highest BCUT2D eigenvalue weighted by Gasteiger charge is 2.06. The van der Waals surface area contributed by atoms with E-state index in [4.69, 9.17) is 0 Å². The summed E-state index contributed by atoms with van der Waals surface area (Å²) in [6.07, 6.45) is 3.51. The van der Waals surface area contributed by atoms with Gasteiger partial charge in [-0.3, -0.25) is 9.79 Å². The van der Waals surface area contributed by atoms with Crippen molar-refractivity contribution in [1.82, 2.24) is 20.9 Å². The number of carbonyl (C=O) groups is 1. The van der Waals surface area contributed by atoms with Crippen LogP contribution in [0.15, 0.2) is 29.4 Å². The molecular weight excluding hydrogens is 436 g/mol. The summed E-state index contributed by atoms with van der Waals surface area (Å²) < 4.78 is 13.4. The van der Waals surface area contributed by atoms with Gasteiger partial charge in [0.25, 0.3) is 0 Å². The lowest BCUT2D eigenvalue weighted by atomic mass is 10.1. The minimum Gasteiger partial charge on any atom is -0.361 e. The number of hydrogen-bond acceptors (Lipinski definition) is 2. The van der Waals surface area contributed by atoms with Crippen molar-refractivity contribution in [3.05, 3.63) is 35.8 Å². The molecule has 1 amide bonds. The molecule has 0 aliphatic rings. The molecule has 1 aromatic heterocycles. The quantitative estimate of drug-likeness (QED) is 0.290. The third-order valence-corrected chi connectivity index (χ3v) is 3.63. The van der Waals surface area contributed by atoms with Gasteiger partial charge >= 0.3 is 0 Å². The molecule has 0 saturated carbocycles. The number of H-pyrrole nitrogens is 1. The molecule has 2 rings (SSSR count). The van der Waals surface area contributed by atoms with Gasteiger partial charge in [-0.15, -0.1) is 24.0 Å². The van der Waals surface area contributed by atoms with Gasteiger partial charge in [-0.25, -0.2) is 4.39 Å². The second-order valence-corrected chi connectivity index (χ2v) is 5.46. The van der Waals surface area contributed by atoms with Crippen LogP contribution in [0.4, 0.5) is 4.39 Å². The van der Waals surface area contributed by atoms with Crippen molar-refractivity contribution >= 4 is 46.7 Å². The fraction of sp³-hybridized carbons (Fsp3) is 0.412. The van der Waals surface area contributed by atoms with Gasteiger partial charge in [-0.2, -0.15) is 0 Å². The molecule has 0 spiro atoms. The molecule has 1 aromatic carbocycles. The fourth-order valence-electron chi connectivity index (χ4n) is 2.38. The Balaban J connectivity index is 0.00000312. The van der Waals surface area contributed by atoms with Gasteiger partial charge in [-0.05, 0) is 36.6 Å². The number of fused-ring (bicyclic) bond motifs is 1. The van der Waals surface area contributed by atoms with Crippen molar-refractivity contribution in [3.63, 3.8) is 0 Å². The van der Waals surface area contributed by atoms with E-state index < -0.39 is 0 Å². The van der Waals surface area contributed by atoms with Crippen LogP contribution in [0.1, 0.15) is 18.9 Å². The molecule has 0 unspecified atom stereocenters. The summed E-state index contributed by atoms with van der Waals surface area (Å²) in [5.74, 6) is 0.256. The number of rotatable bonds is 7. The first-order valence-corrected chi connectivity index (χ1v) is 8.10. The van der Waals surface area contributed by atoms with Crippen LogP contribution in [0.25, 0.3) is 10.9 Å². The lowest BCUT2D eigenvalue weighted by molar-refractivity contribution is -0.120. The number of hydrogen-bond donors (Lipinski definition) is 4. The molecule has 0 radical (unpaired) electrons. The number of aromatic nitrogens is 1. The van der Waals surface area contributed by atoms with Crippen molar-refractivity contribution in [3.8, 4) is 0 Å². The Labute approximate surface area is 164 Å². The minimum atomic E-state index is -0.244. The molecule has 4 N–H and O–H groups in total. The molecule has 0 bridgehead atoms. The molecule has 0 saturated heterocycles. The molecular formula is C17H25FIN5O. The van der Waals surface area contributed by atoms with E-state index in [0.717, 1.165) is 22.9 Å². The van der Waals surface area contributed by atoms with Crippen LogP contribution >= 0.6 is 24.0 Å². The van der Waals surface area contributed by atoms with E-state index in [-0.39, 0.29) is 42.2 Å². The van der Waals surface area contributed by atoms with Gasteiger partial charge in [0.1, 0.15) is 5.82 Å². The van der Waals surface area contributed by atoms with E-state index >= 15 is 0 Å². The maximum absolute atomic E-state index is 13.4. The van der Waals surface area contributed by atoms with Crippen molar-refractivity contribution in [2.45, 2.75) is 19.8 Å². The lowest BCUT2D eigenvalue weighted by Crippen LogP contribution is -2.43. The van der Waals surface area contributed by atoms with Crippen LogP contribution in [0.2, 0.25) is 0 Å². The van der Waals surface area contributed by atoms with Crippen LogP contribution < -0.4 is 16.0 Å². The van der Waals surface area contributed by atoms with E-state index in [2.05, 4.69) is 25.9 Å². The fourth-order valence-corrected chi connectivity index (χ4v) is 2.38. The summed E-state index contributed by atoms with van der Waals surface area (Å²) in [6, 6.07) is 4.71. The first kappa shape index (κ1) is 21.2. The van der Waals surface area contributed by atoms with Gasteiger partial charge in [0.15, 0.2) is 5.96 Å². The average molecular weight is 461 g/mol. The molecule has 0 atom stereocenters. The Hall–Kier alpha value is -1.84. The zero-order chi connectivity index (χ0) is 17.4. The predicted molar refractivity (Wildman–Crippen MR) is 110 cm³/mol. The molecule has 6 nitrogen and oxygen atoms in total. The van der Waals surface area contributed by atoms with Gasteiger partial charge in [0, 0.05) is 37.2 Å². The molecule has 8 heteroatoms. The van der Waals surface area contributed by atoms with E-state index in [1.165, 1.54) is 12.1 Å². The van der Waals surface area contributed by atoms with Gasteiger partial charge in [0.2, 0.25) is 5.91 Å². The molecule has 0 aliphatic heterocycles. The topological polar surface area (TPSA) is 81.3 Å². The minimum absolute atomic E-state index is 0. The number of carbonyl (C=O) groups excluding carboxylic acids is 1. The Morgan fingerprint density at radius 1 is 1.24 bits per heavy atom. The number of nitrogens with zero attached hydrogens (tertiary/aromatic N) is 1. The molecule has 0 aliphatic carbocycles. The molecule has 2 aromatic rings. The van der Waals surface area contributed by atoms with Crippen molar-refractivity contribution < 1.29 is 9.18 Å². The number of benzene rings is 1. The largest absolute Gasteiger partial charge is 0.361 e. The highest BCUT2D eigenvalue weighted by Crippen LogP contribution is 2.19. The van der Waals surface area contributed by atoms with E-state index in [9.17, 15) is 9.18 Å². The summed E-state index contributed by atoms with van der Waals surface area (Å²) in [5.41, 5.74) is 1.95. The highest BCUT2D eigenvalue weighted by molar-refractivity contribution is 14.0. The number of aliphatic imine (C=N–C) groups is 1. The molecule has 0 fully saturated rings. The summed E-state index contributed by atoms with van der Waals surface area (Å²) in [4.78, 5) is 18.8. The van der Waals surface area contributed by atoms with E-state index in [1.807, 2.05) is 13.1 Å². The second-order valence-electron chi connectivity index (χ2n) is 5.46. The van der Waals surface area contributed by atoms with Gasteiger partial charge < -0.3 is 20.9 Å². The predicted octanol–water partition coefficient (Wildman–Crippen LogP) is 2.16. The van der Waals surface area contributed by atoms with Crippen LogP contribution in [0.5, 0.6) is 0 Å². The van der Waals surface area contributed by atoms with Crippen molar-refractivity contribution in [2.24, 2.45) is 4.99 Å². The Bertz CT molecular complexity index is 716. The summed E-state index contributed by atoms with van der Waals surface area (Å²) in [7, 11) is 1.65. The second kappa shape index (κ2) is 10.9. The average Bonchev–Trinajstić information content (AvgIpc) is 2.98. The summed E-state index contributed by atoms with van der Waals surface area (Å²) in [6.45, 7) is 3.48. The standard InChI is InChI=1S/C17H24FN5O.HI/c1-3-7-20-16(24)11-23-17(19-2)21-8-6-12-10-22-15-5-4-13(18)9-14(12)15;/h4-5,9-10,22H,3,6-8,11H2,1-2H3,(H,20,24)(H2,19,21,23);1H. The van der Waals surface area contributed by atoms with Gasteiger partial charge in [0.05, 0.1) is 6.54 Å². The number of amides is 1. The van der Waals surface area contributed by atoms with Crippen molar-refractivity contribution in [2.75, 3.05) is 26.7 Å². The first-order chi connectivity index (χ1) is 11.6. The number of halogens is 2. The zero-order valence-electron chi connectivity index (χ0n) is 14.5. The third kappa shape index (κ3) is 6.52. The number of aromatic amines is 1. The maximum atomic E-state index is 13.4. The van der Waals surface area contributed by atoms with Gasteiger partial charge in [-0.1, -0.05) is 6.92 Å². The Morgan fingerprint density at radius 2 is 2.04 bits per heavy atom. The zero-order valence-corrected chi connectivity index (χ0v) is 16.8. The monoisotopic (exact) mass is 461 g/mol. The smallest absolute Gasteiger partial charge is 0.239 e. The van der Waals surface area contributed by atoms with E-state index in [1.54, 1.807) is 13.1 Å². The lowest BCUT2D eigenvalue weighted by Gasteiger charge is -2.11. The number of nitrogens with one attached hydrogen (secondary N) is 4. The van der Waals surface area contributed by atoms with Crippen LogP contribution in [0, 0.1) is 5.82 Å². The van der Waals surface area contributed by atoms with E-state index in [0.29, 0.717) is 25.5 Å². The van der Waals surface area contributed by atoms with Crippen molar-refractivity contribution in [1.29, 1.82) is 0 Å². The molecule has 25 heavy (non-hydrogen) atoms. The maximum Gasteiger partial charge on any atom is 0.239 e. The molecule has 1 heterocycles. The highest BCUT2D eigenvalue weighted by atomic mass is 127. The first-order valence-electron chi connectivity index (χ1n) is 8.10. The summed E-state index contributed by atoms with van der Waals surface area (Å²) >= 11 is 0. The third-order valence-electron chi connectivity index (χ3n) is 3.63.